The molecule has 3 nitrogen and oxygen atoms in total. The van der Waals surface area contributed by atoms with E-state index in [1.54, 1.807) is 0 Å². The van der Waals surface area contributed by atoms with Crippen molar-refractivity contribution >= 4 is 32.8 Å². The summed E-state index contributed by atoms with van der Waals surface area (Å²) < 4.78 is 19.6. The minimum atomic E-state index is -0.454. The monoisotopic (exact) mass is 361 g/mol. The van der Waals surface area contributed by atoms with Gasteiger partial charge in [0.15, 0.2) is 0 Å². The predicted octanol–water partition coefficient (Wildman–Crippen LogP) is 4.83. The van der Waals surface area contributed by atoms with Crippen molar-refractivity contribution < 1.29 is 13.6 Å². The van der Waals surface area contributed by atoms with E-state index in [4.69, 9.17) is 4.42 Å². The molecule has 0 spiro atoms. The Labute approximate surface area is 135 Å². The van der Waals surface area contributed by atoms with Gasteiger partial charge in [-0.15, -0.1) is 0 Å². The molecule has 1 heterocycles. The summed E-state index contributed by atoms with van der Waals surface area (Å²) >= 11 is 3.25. The van der Waals surface area contributed by atoms with E-state index in [0.29, 0.717) is 10.2 Å². The summed E-state index contributed by atoms with van der Waals surface area (Å²) in [6.07, 6.45) is 0. The Morgan fingerprint density at radius 2 is 2.00 bits per heavy atom. The Morgan fingerprint density at radius 1 is 1.23 bits per heavy atom. The van der Waals surface area contributed by atoms with Crippen LogP contribution in [-0.4, -0.2) is 5.91 Å². The van der Waals surface area contributed by atoms with Crippen LogP contribution in [0, 0.1) is 5.82 Å². The molecule has 3 aromatic rings. The number of rotatable bonds is 3. The number of furan rings is 1. The number of halogens is 2. The van der Waals surface area contributed by atoms with Gasteiger partial charge in [-0.25, -0.2) is 4.39 Å². The molecule has 0 unspecified atom stereocenters. The Bertz CT molecular complexity index is 811. The van der Waals surface area contributed by atoms with E-state index in [-0.39, 0.29) is 17.5 Å². The summed E-state index contributed by atoms with van der Waals surface area (Å²) in [5.74, 6) is -0.161. The van der Waals surface area contributed by atoms with Crippen LogP contribution in [0.1, 0.15) is 29.1 Å². The smallest absolute Gasteiger partial charge is 0.253 e. The highest BCUT2D eigenvalue weighted by molar-refractivity contribution is 9.10. The summed E-state index contributed by atoms with van der Waals surface area (Å²) in [4.78, 5) is 12.3. The van der Waals surface area contributed by atoms with E-state index >= 15 is 0 Å². The van der Waals surface area contributed by atoms with Gasteiger partial charge in [0.1, 0.15) is 17.2 Å². The first-order valence-corrected chi connectivity index (χ1v) is 7.58. The van der Waals surface area contributed by atoms with E-state index < -0.39 is 5.82 Å². The molecule has 1 amide bonds. The highest BCUT2D eigenvalue weighted by Crippen LogP contribution is 2.24. The lowest BCUT2D eigenvalue weighted by Crippen LogP contribution is -2.26. The fraction of sp³-hybridized carbons (Fsp3) is 0.118. The van der Waals surface area contributed by atoms with Crippen LogP contribution in [0.5, 0.6) is 0 Å². The van der Waals surface area contributed by atoms with Gasteiger partial charge in [0, 0.05) is 9.86 Å². The maximum Gasteiger partial charge on any atom is 0.253 e. The third-order valence-electron chi connectivity index (χ3n) is 3.39. The van der Waals surface area contributed by atoms with Gasteiger partial charge in [-0.05, 0) is 53.2 Å². The van der Waals surface area contributed by atoms with Crippen LogP contribution in [0.25, 0.3) is 11.0 Å². The lowest BCUT2D eigenvalue weighted by atomic mass is 10.1. The zero-order chi connectivity index (χ0) is 15.7. The standard InChI is InChI=1S/C17H13BrFNO2/c1-10(16-8-11-4-2-3-5-15(11)22-16)20-17(21)13-9-12(19)6-7-14(13)18/h2-10H,1H3,(H,20,21)/t10-/m0/s1. The van der Waals surface area contributed by atoms with Gasteiger partial charge in [0.2, 0.25) is 0 Å². The van der Waals surface area contributed by atoms with Crippen LogP contribution >= 0.6 is 15.9 Å². The number of fused-ring (bicyclic) bond motifs is 1. The molecular formula is C17H13BrFNO2. The predicted molar refractivity (Wildman–Crippen MR) is 86.2 cm³/mol. The molecule has 0 bridgehead atoms. The van der Waals surface area contributed by atoms with Crippen LogP contribution < -0.4 is 5.32 Å². The molecule has 0 fully saturated rings. The van der Waals surface area contributed by atoms with Crippen LogP contribution in [0.4, 0.5) is 4.39 Å². The van der Waals surface area contributed by atoms with Gasteiger partial charge < -0.3 is 9.73 Å². The number of benzene rings is 2. The van der Waals surface area contributed by atoms with Gasteiger partial charge in [-0.3, -0.25) is 4.79 Å². The lowest BCUT2D eigenvalue weighted by molar-refractivity contribution is 0.0934. The van der Waals surface area contributed by atoms with Crippen molar-refractivity contribution in [3.63, 3.8) is 0 Å². The Kier molecular flexibility index (Phi) is 3.98. The highest BCUT2D eigenvalue weighted by atomic mass is 79.9. The van der Waals surface area contributed by atoms with E-state index in [1.807, 2.05) is 37.3 Å². The molecule has 0 radical (unpaired) electrons. The maximum atomic E-state index is 13.3. The first kappa shape index (κ1) is 14.8. The molecule has 1 aromatic heterocycles. The third kappa shape index (κ3) is 2.90. The SMILES string of the molecule is C[C@H](NC(=O)c1cc(F)ccc1Br)c1cc2ccccc2o1. The van der Waals surface area contributed by atoms with Crippen LogP contribution in [0.15, 0.2) is 57.4 Å². The van der Waals surface area contributed by atoms with Crippen molar-refractivity contribution in [3.8, 4) is 0 Å². The fourth-order valence-corrected chi connectivity index (χ4v) is 2.66. The van der Waals surface area contributed by atoms with Crippen LogP contribution in [-0.2, 0) is 0 Å². The van der Waals surface area contributed by atoms with Crippen molar-refractivity contribution in [1.29, 1.82) is 0 Å². The van der Waals surface area contributed by atoms with Gasteiger partial charge in [-0.1, -0.05) is 18.2 Å². The fourth-order valence-electron chi connectivity index (χ4n) is 2.23. The number of hydrogen-bond donors (Lipinski definition) is 1. The number of carbonyl (C=O) groups is 1. The Hall–Kier alpha value is -2.14. The minimum absolute atomic E-state index is 0.253. The second-order valence-electron chi connectivity index (χ2n) is 5.01. The largest absolute Gasteiger partial charge is 0.459 e. The maximum absolute atomic E-state index is 13.3. The molecule has 112 valence electrons. The van der Waals surface area contributed by atoms with E-state index in [2.05, 4.69) is 21.2 Å². The normalized spacial score (nSPS) is 12.3. The molecule has 0 aliphatic carbocycles. The molecular weight excluding hydrogens is 349 g/mol. The summed E-state index contributed by atoms with van der Waals surface area (Å²) in [5, 5.41) is 3.79. The molecule has 3 rings (SSSR count). The topological polar surface area (TPSA) is 42.2 Å². The third-order valence-corrected chi connectivity index (χ3v) is 4.08. The Morgan fingerprint density at radius 3 is 2.77 bits per heavy atom. The zero-order valence-electron chi connectivity index (χ0n) is 11.8. The average molecular weight is 362 g/mol. The Balaban J connectivity index is 1.82. The zero-order valence-corrected chi connectivity index (χ0v) is 13.4. The number of carbonyl (C=O) groups excluding carboxylic acids is 1. The van der Waals surface area contributed by atoms with Gasteiger partial charge in [0.05, 0.1) is 11.6 Å². The number of amides is 1. The lowest BCUT2D eigenvalue weighted by Gasteiger charge is -2.12. The first-order chi connectivity index (χ1) is 10.5. The number of para-hydroxylation sites is 1. The second kappa shape index (κ2) is 5.93. The molecule has 0 aliphatic rings. The van der Waals surface area contributed by atoms with Gasteiger partial charge in [0.25, 0.3) is 5.91 Å². The van der Waals surface area contributed by atoms with Gasteiger partial charge >= 0.3 is 0 Å². The summed E-state index contributed by atoms with van der Waals surface area (Å²) in [6.45, 7) is 1.82. The summed E-state index contributed by atoms with van der Waals surface area (Å²) in [6, 6.07) is 13.2. The molecule has 5 heteroatoms. The molecule has 1 atom stereocenters. The number of hydrogen-bond acceptors (Lipinski definition) is 2. The molecule has 2 aromatic carbocycles. The van der Waals surface area contributed by atoms with Crippen molar-refractivity contribution in [2.75, 3.05) is 0 Å². The highest BCUT2D eigenvalue weighted by Gasteiger charge is 2.17. The molecule has 0 aliphatic heterocycles. The van der Waals surface area contributed by atoms with Gasteiger partial charge in [-0.2, -0.15) is 0 Å². The van der Waals surface area contributed by atoms with E-state index in [0.717, 1.165) is 11.0 Å². The molecule has 0 saturated carbocycles. The number of nitrogens with one attached hydrogen (secondary N) is 1. The van der Waals surface area contributed by atoms with Crippen molar-refractivity contribution in [3.05, 3.63) is 70.1 Å². The second-order valence-corrected chi connectivity index (χ2v) is 5.86. The quantitative estimate of drug-likeness (QED) is 0.726. The van der Waals surface area contributed by atoms with E-state index in [1.165, 1.54) is 18.2 Å². The van der Waals surface area contributed by atoms with Crippen molar-refractivity contribution in [2.45, 2.75) is 13.0 Å². The van der Waals surface area contributed by atoms with Crippen molar-refractivity contribution in [2.24, 2.45) is 0 Å². The molecule has 1 N–H and O–H groups in total. The molecule has 22 heavy (non-hydrogen) atoms. The van der Waals surface area contributed by atoms with Crippen molar-refractivity contribution in [1.82, 2.24) is 5.32 Å². The van der Waals surface area contributed by atoms with E-state index in [9.17, 15) is 9.18 Å². The summed E-state index contributed by atoms with van der Waals surface area (Å²) in [7, 11) is 0. The summed E-state index contributed by atoms with van der Waals surface area (Å²) in [5.41, 5.74) is 1.02. The molecule has 0 saturated heterocycles. The average Bonchev–Trinajstić information content (AvgIpc) is 2.93. The van der Waals surface area contributed by atoms with Crippen LogP contribution in [0.3, 0.4) is 0 Å². The van der Waals surface area contributed by atoms with Crippen LogP contribution in [0.2, 0.25) is 0 Å². The first-order valence-electron chi connectivity index (χ1n) is 6.79. The minimum Gasteiger partial charge on any atom is -0.459 e.